The van der Waals surface area contributed by atoms with Crippen LogP contribution in [-0.2, 0) is 11.4 Å². The molecule has 0 spiro atoms. The molecule has 4 nitrogen and oxygen atoms in total. The largest absolute Gasteiger partial charge is 0.488 e. The van der Waals surface area contributed by atoms with Gasteiger partial charge in [-0.15, -0.1) is 0 Å². The molecule has 1 fully saturated rings. The van der Waals surface area contributed by atoms with Crippen molar-refractivity contribution < 1.29 is 9.53 Å². The summed E-state index contributed by atoms with van der Waals surface area (Å²) in [5.41, 5.74) is 2.77. The Hall–Kier alpha value is -2.83. The number of ether oxygens (including phenoxy) is 1. The number of rotatable bonds is 6. The first kappa shape index (κ1) is 22.4. The average Bonchev–Trinajstić information content (AvgIpc) is 3.09. The third-order valence-electron chi connectivity index (χ3n) is 4.85. The molecule has 0 aromatic heterocycles. The molecule has 1 heterocycles. The smallest absolute Gasteiger partial charge is 0.266 e. The molecular formula is C26H23BrN2O2S. The highest BCUT2D eigenvalue weighted by Gasteiger charge is 2.35. The van der Waals surface area contributed by atoms with Crippen LogP contribution in [0.1, 0.15) is 25.0 Å². The van der Waals surface area contributed by atoms with Crippen molar-refractivity contribution in [3.8, 4) is 5.75 Å². The summed E-state index contributed by atoms with van der Waals surface area (Å²) >= 11 is 4.85. The molecule has 0 N–H and O–H groups in total. The summed E-state index contributed by atoms with van der Waals surface area (Å²) in [4.78, 5) is 20.3. The van der Waals surface area contributed by atoms with Crippen molar-refractivity contribution in [3.05, 3.63) is 99.4 Å². The third kappa shape index (κ3) is 5.31. The average molecular weight is 507 g/mol. The van der Waals surface area contributed by atoms with Crippen molar-refractivity contribution >= 4 is 50.5 Å². The van der Waals surface area contributed by atoms with E-state index in [0.717, 1.165) is 27.0 Å². The molecule has 1 saturated heterocycles. The van der Waals surface area contributed by atoms with Gasteiger partial charge in [-0.25, -0.2) is 4.99 Å². The lowest BCUT2D eigenvalue weighted by atomic mass is 10.1. The number of para-hydroxylation sites is 2. The van der Waals surface area contributed by atoms with E-state index in [9.17, 15) is 4.79 Å². The molecule has 162 valence electrons. The molecule has 32 heavy (non-hydrogen) atoms. The fourth-order valence-electron chi connectivity index (χ4n) is 3.25. The van der Waals surface area contributed by atoms with Crippen LogP contribution < -0.4 is 4.74 Å². The number of amidine groups is 1. The van der Waals surface area contributed by atoms with Crippen molar-refractivity contribution in [1.82, 2.24) is 4.90 Å². The molecule has 0 radical (unpaired) electrons. The van der Waals surface area contributed by atoms with Crippen molar-refractivity contribution in [2.45, 2.75) is 26.5 Å². The fraction of sp³-hybridized carbons (Fsp3) is 0.154. The zero-order chi connectivity index (χ0) is 22.5. The minimum Gasteiger partial charge on any atom is -0.488 e. The van der Waals surface area contributed by atoms with Gasteiger partial charge in [0.15, 0.2) is 5.17 Å². The molecular weight excluding hydrogens is 484 g/mol. The number of carbonyl (C=O) groups is 1. The maximum absolute atomic E-state index is 13.2. The van der Waals surface area contributed by atoms with E-state index in [1.54, 1.807) is 4.90 Å². The number of halogens is 1. The first-order valence-corrected chi connectivity index (χ1v) is 12.0. The van der Waals surface area contributed by atoms with Gasteiger partial charge >= 0.3 is 0 Å². The second kappa shape index (κ2) is 10.2. The van der Waals surface area contributed by atoms with Crippen LogP contribution in [0.4, 0.5) is 5.69 Å². The summed E-state index contributed by atoms with van der Waals surface area (Å²) in [5, 5.41) is 0.690. The molecule has 0 saturated carbocycles. The maximum Gasteiger partial charge on any atom is 0.266 e. The van der Waals surface area contributed by atoms with Crippen LogP contribution in [0.2, 0.25) is 0 Å². The number of aliphatic imine (C=N–C) groups is 1. The monoisotopic (exact) mass is 506 g/mol. The Kier molecular flexibility index (Phi) is 7.12. The molecule has 0 bridgehead atoms. The molecule has 4 rings (SSSR count). The van der Waals surface area contributed by atoms with Crippen molar-refractivity contribution in [3.63, 3.8) is 0 Å². The molecule has 1 amide bonds. The minimum absolute atomic E-state index is 0.00672. The topological polar surface area (TPSA) is 41.9 Å². The predicted octanol–water partition coefficient (Wildman–Crippen LogP) is 7.04. The number of hydrogen-bond donors (Lipinski definition) is 0. The quantitative estimate of drug-likeness (QED) is 0.336. The normalized spacial score (nSPS) is 16.4. The Morgan fingerprint density at radius 2 is 1.69 bits per heavy atom. The van der Waals surface area contributed by atoms with Gasteiger partial charge in [0.25, 0.3) is 5.91 Å². The number of carbonyl (C=O) groups excluding carboxylic acids is 1. The number of amides is 1. The van der Waals surface area contributed by atoms with E-state index in [-0.39, 0.29) is 11.9 Å². The van der Waals surface area contributed by atoms with Gasteiger partial charge < -0.3 is 4.74 Å². The van der Waals surface area contributed by atoms with Crippen molar-refractivity contribution in [2.24, 2.45) is 4.99 Å². The van der Waals surface area contributed by atoms with E-state index < -0.39 is 0 Å². The molecule has 0 atom stereocenters. The molecule has 0 unspecified atom stereocenters. The molecule has 6 heteroatoms. The van der Waals surface area contributed by atoms with E-state index in [0.29, 0.717) is 16.7 Å². The van der Waals surface area contributed by atoms with Gasteiger partial charge in [0.2, 0.25) is 0 Å². The number of thioether (sulfide) groups is 1. The summed E-state index contributed by atoms with van der Waals surface area (Å²) in [6.45, 7) is 4.45. The zero-order valence-corrected chi connectivity index (χ0v) is 20.3. The zero-order valence-electron chi connectivity index (χ0n) is 17.9. The van der Waals surface area contributed by atoms with Gasteiger partial charge in [0.05, 0.1) is 10.6 Å². The van der Waals surface area contributed by atoms with Crippen LogP contribution in [0.25, 0.3) is 6.08 Å². The first-order chi connectivity index (χ1) is 15.5. The number of hydrogen-bond acceptors (Lipinski definition) is 4. The standard InChI is InChI=1S/C26H23BrN2O2S/c1-18(2)29-25(30)24(32-26(29)28-22-9-4-3-5-10-22)16-20-8-6-7-11-23(20)31-17-19-12-14-21(27)15-13-19/h3-16,18H,17H2,1-2H3/b24-16+,28-26?. The Morgan fingerprint density at radius 1 is 1.00 bits per heavy atom. The maximum atomic E-state index is 13.2. The predicted molar refractivity (Wildman–Crippen MR) is 136 cm³/mol. The molecule has 3 aromatic rings. The Morgan fingerprint density at radius 3 is 2.41 bits per heavy atom. The summed E-state index contributed by atoms with van der Waals surface area (Å²) < 4.78 is 7.11. The van der Waals surface area contributed by atoms with Crippen LogP contribution in [-0.4, -0.2) is 22.0 Å². The lowest BCUT2D eigenvalue weighted by Gasteiger charge is -2.19. The lowest BCUT2D eigenvalue weighted by Crippen LogP contribution is -2.35. The summed E-state index contributed by atoms with van der Waals surface area (Å²) in [6.07, 6.45) is 1.90. The Balaban J connectivity index is 1.60. The lowest BCUT2D eigenvalue weighted by molar-refractivity contribution is -0.123. The van der Waals surface area contributed by atoms with E-state index >= 15 is 0 Å². The third-order valence-corrected chi connectivity index (χ3v) is 6.36. The molecule has 3 aromatic carbocycles. The highest BCUT2D eigenvalue weighted by Crippen LogP contribution is 2.36. The van der Waals surface area contributed by atoms with Crippen molar-refractivity contribution in [1.29, 1.82) is 0 Å². The summed E-state index contributed by atoms with van der Waals surface area (Å²) in [7, 11) is 0. The molecule has 1 aliphatic heterocycles. The van der Waals surface area contributed by atoms with E-state index in [2.05, 4.69) is 15.9 Å². The second-order valence-corrected chi connectivity index (χ2v) is 9.49. The fourth-order valence-corrected chi connectivity index (χ4v) is 4.62. The van der Waals surface area contributed by atoms with Crippen molar-refractivity contribution in [2.75, 3.05) is 0 Å². The summed E-state index contributed by atoms with van der Waals surface area (Å²) in [6, 6.07) is 25.5. The van der Waals surface area contributed by atoms with Crippen LogP contribution in [0, 0.1) is 0 Å². The number of benzene rings is 3. The van der Waals surface area contributed by atoms with Gasteiger partial charge in [0, 0.05) is 16.1 Å². The highest BCUT2D eigenvalue weighted by molar-refractivity contribution is 9.10. The number of nitrogens with zero attached hydrogens (tertiary/aromatic N) is 2. The van der Waals surface area contributed by atoms with E-state index in [1.165, 1.54) is 11.8 Å². The van der Waals surface area contributed by atoms with Crippen LogP contribution in [0.3, 0.4) is 0 Å². The van der Waals surface area contributed by atoms with Gasteiger partial charge in [-0.1, -0.05) is 64.5 Å². The van der Waals surface area contributed by atoms with E-state index in [1.807, 2.05) is 98.8 Å². The summed E-state index contributed by atoms with van der Waals surface area (Å²) in [5.74, 6) is 0.697. The van der Waals surface area contributed by atoms with Gasteiger partial charge in [-0.3, -0.25) is 9.69 Å². The van der Waals surface area contributed by atoms with Gasteiger partial charge in [-0.05, 0) is 67.6 Å². The minimum atomic E-state index is -0.0395. The van der Waals surface area contributed by atoms with Gasteiger partial charge in [-0.2, -0.15) is 0 Å². The molecule has 1 aliphatic rings. The Labute approximate surface area is 201 Å². The van der Waals surface area contributed by atoms with Crippen LogP contribution >= 0.6 is 27.7 Å². The Bertz CT molecular complexity index is 1160. The SMILES string of the molecule is CC(C)N1C(=O)/C(=C\c2ccccc2OCc2ccc(Br)cc2)SC1=Nc1ccccc1. The van der Waals surface area contributed by atoms with Crippen LogP contribution in [0.15, 0.2) is 93.2 Å². The van der Waals surface area contributed by atoms with E-state index in [4.69, 9.17) is 9.73 Å². The van der Waals surface area contributed by atoms with Crippen LogP contribution in [0.5, 0.6) is 5.75 Å². The second-order valence-electron chi connectivity index (χ2n) is 7.56. The highest BCUT2D eigenvalue weighted by atomic mass is 79.9. The molecule has 0 aliphatic carbocycles. The van der Waals surface area contributed by atoms with Gasteiger partial charge in [0.1, 0.15) is 12.4 Å². The first-order valence-electron chi connectivity index (χ1n) is 10.3.